The van der Waals surface area contributed by atoms with Crippen molar-refractivity contribution >= 4 is 11.8 Å². The average Bonchev–Trinajstić information content (AvgIpc) is 2.95. The van der Waals surface area contributed by atoms with Crippen LogP contribution < -0.4 is 10.1 Å². The molecule has 138 valence electrons. The van der Waals surface area contributed by atoms with Gasteiger partial charge in [0.2, 0.25) is 11.8 Å². The number of ether oxygens (including phenoxy) is 1. The van der Waals surface area contributed by atoms with E-state index in [1.54, 1.807) is 12.0 Å². The van der Waals surface area contributed by atoms with E-state index in [0.29, 0.717) is 32.6 Å². The highest BCUT2D eigenvalue weighted by Gasteiger charge is 2.38. The summed E-state index contributed by atoms with van der Waals surface area (Å²) in [7, 11) is 3.58. The molecule has 0 bridgehead atoms. The maximum atomic E-state index is 12.0. The SMILES string of the molecule is COc1ccc(CN(C)C[C@]2(O)CCN(C(=O)CNC(C)=O)C2)cc1. The molecule has 1 aliphatic rings. The summed E-state index contributed by atoms with van der Waals surface area (Å²) >= 11 is 0. The lowest BCUT2D eigenvalue weighted by Gasteiger charge is -2.29. The highest BCUT2D eigenvalue weighted by molar-refractivity contribution is 5.83. The van der Waals surface area contributed by atoms with E-state index in [1.807, 2.05) is 36.2 Å². The minimum Gasteiger partial charge on any atom is -0.497 e. The van der Waals surface area contributed by atoms with Crippen molar-refractivity contribution in [1.82, 2.24) is 15.1 Å². The van der Waals surface area contributed by atoms with Gasteiger partial charge in [-0.25, -0.2) is 0 Å². The van der Waals surface area contributed by atoms with Crippen LogP contribution in [0.1, 0.15) is 18.9 Å². The minimum atomic E-state index is -0.924. The van der Waals surface area contributed by atoms with Crippen LogP contribution in [0.15, 0.2) is 24.3 Å². The molecule has 1 heterocycles. The number of carbonyl (C=O) groups excluding carboxylic acids is 2. The Kier molecular flexibility index (Phi) is 6.39. The Morgan fingerprint density at radius 3 is 2.64 bits per heavy atom. The quantitative estimate of drug-likeness (QED) is 0.736. The van der Waals surface area contributed by atoms with Crippen molar-refractivity contribution in [2.75, 3.05) is 40.3 Å². The number of nitrogens with one attached hydrogen (secondary N) is 1. The number of aliphatic hydroxyl groups is 1. The first kappa shape index (κ1) is 19.2. The predicted molar refractivity (Wildman–Crippen MR) is 94.2 cm³/mol. The van der Waals surface area contributed by atoms with E-state index in [-0.39, 0.29) is 18.4 Å². The molecule has 1 aromatic carbocycles. The van der Waals surface area contributed by atoms with Crippen LogP contribution in [-0.4, -0.2) is 72.7 Å². The van der Waals surface area contributed by atoms with Crippen LogP contribution in [0.4, 0.5) is 0 Å². The first-order valence-corrected chi connectivity index (χ1v) is 8.37. The fraction of sp³-hybridized carbons (Fsp3) is 0.556. The summed E-state index contributed by atoms with van der Waals surface area (Å²) in [6, 6.07) is 7.82. The average molecular weight is 349 g/mol. The molecule has 25 heavy (non-hydrogen) atoms. The number of hydrogen-bond donors (Lipinski definition) is 2. The van der Waals surface area contributed by atoms with E-state index in [1.165, 1.54) is 6.92 Å². The first-order valence-electron chi connectivity index (χ1n) is 8.37. The van der Waals surface area contributed by atoms with E-state index in [2.05, 4.69) is 5.32 Å². The maximum absolute atomic E-state index is 12.0. The number of amides is 2. The molecule has 1 aliphatic heterocycles. The number of benzene rings is 1. The lowest BCUT2D eigenvalue weighted by Crippen LogP contribution is -2.45. The van der Waals surface area contributed by atoms with E-state index in [9.17, 15) is 14.7 Å². The Balaban J connectivity index is 1.84. The summed E-state index contributed by atoms with van der Waals surface area (Å²) in [5.74, 6) is 0.417. The monoisotopic (exact) mass is 349 g/mol. The molecule has 2 N–H and O–H groups in total. The number of β-amino-alcohol motifs (C(OH)–C–C–N with tert-alkyl or cyclic N) is 1. The summed E-state index contributed by atoms with van der Waals surface area (Å²) in [6.45, 7) is 3.33. The Hall–Kier alpha value is -2.12. The van der Waals surface area contributed by atoms with Gasteiger partial charge in [-0.2, -0.15) is 0 Å². The van der Waals surface area contributed by atoms with Crippen molar-refractivity contribution in [3.8, 4) is 5.75 Å². The Morgan fingerprint density at radius 1 is 1.36 bits per heavy atom. The molecule has 2 rings (SSSR count). The molecular weight excluding hydrogens is 322 g/mol. The topological polar surface area (TPSA) is 82.1 Å². The van der Waals surface area contributed by atoms with Crippen molar-refractivity contribution < 1.29 is 19.4 Å². The summed E-state index contributed by atoms with van der Waals surface area (Å²) in [5, 5.41) is 13.3. The van der Waals surface area contributed by atoms with Crippen LogP contribution in [0.2, 0.25) is 0 Å². The molecule has 0 aromatic heterocycles. The van der Waals surface area contributed by atoms with Gasteiger partial charge in [0.15, 0.2) is 0 Å². The minimum absolute atomic E-state index is 0.0207. The molecule has 0 unspecified atom stereocenters. The predicted octanol–water partition coefficient (Wildman–Crippen LogP) is 0.227. The smallest absolute Gasteiger partial charge is 0.242 e. The van der Waals surface area contributed by atoms with Crippen LogP contribution in [0.3, 0.4) is 0 Å². The van der Waals surface area contributed by atoms with Gasteiger partial charge in [-0.3, -0.25) is 14.5 Å². The number of likely N-dealkylation sites (tertiary alicyclic amines) is 1. The largest absolute Gasteiger partial charge is 0.497 e. The summed E-state index contributed by atoms with van der Waals surface area (Å²) in [4.78, 5) is 26.6. The van der Waals surface area contributed by atoms with Crippen molar-refractivity contribution in [3.05, 3.63) is 29.8 Å². The van der Waals surface area contributed by atoms with Gasteiger partial charge >= 0.3 is 0 Å². The molecule has 0 radical (unpaired) electrons. The zero-order valence-corrected chi connectivity index (χ0v) is 15.1. The molecule has 0 aliphatic carbocycles. The standard InChI is InChI=1S/C18H27N3O4/c1-14(22)19-10-17(23)21-9-8-18(24,13-21)12-20(2)11-15-4-6-16(25-3)7-5-15/h4-7,24H,8-13H2,1-3H3,(H,19,22)/t18-/m1/s1. The van der Waals surface area contributed by atoms with Gasteiger partial charge in [-0.05, 0) is 31.2 Å². The molecule has 0 saturated carbocycles. The zero-order chi connectivity index (χ0) is 18.4. The third kappa shape index (κ3) is 5.72. The van der Waals surface area contributed by atoms with Crippen LogP contribution in [-0.2, 0) is 16.1 Å². The van der Waals surface area contributed by atoms with Crippen molar-refractivity contribution in [3.63, 3.8) is 0 Å². The molecule has 1 fully saturated rings. The lowest BCUT2D eigenvalue weighted by molar-refractivity contribution is -0.132. The number of likely N-dealkylation sites (N-methyl/N-ethyl adjacent to an activating group) is 1. The van der Waals surface area contributed by atoms with Gasteiger partial charge < -0.3 is 20.1 Å². The summed E-state index contributed by atoms with van der Waals surface area (Å²) < 4.78 is 5.15. The normalized spacial score (nSPS) is 20.0. The van der Waals surface area contributed by atoms with E-state index >= 15 is 0 Å². The van der Waals surface area contributed by atoms with Gasteiger partial charge in [-0.1, -0.05) is 12.1 Å². The summed E-state index contributed by atoms with van der Waals surface area (Å²) in [6.07, 6.45) is 0.533. The molecule has 7 nitrogen and oxygen atoms in total. The van der Waals surface area contributed by atoms with Gasteiger partial charge in [0.05, 0.1) is 25.8 Å². The second kappa shape index (κ2) is 8.31. The van der Waals surface area contributed by atoms with Crippen LogP contribution in [0.25, 0.3) is 0 Å². The second-order valence-electron chi connectivity index (χ2n) is 6.72. The van der Waals surface area contributed by atoms with Gasteiger partial charge in [0, 0.05) is 26.6 Å². The fourth-order valence-electron chi connectivity index (χ4n) is 3.11. The fourth-order valence-corrected chi connectivity index (χ4v) is 3.11. The highest BCUT2D eigenvalue weighted by Crippen LogP contribution is 2.23. The molecule has 1 saturated heterocycles. The zero-order valence-electron chi connectivity index (χ0n) is 15.1. The Labute approximate surface area is 148 Å². The van der Waals surface area contributed by atoms with Gasteiger partial charge in [0.25, 0.3) is 0 Å². The van der Waals surface area contributed by atoms with E-state index < -0.39 is 5.60 Å². The molecule has 2 amide bonds. The van der Waals surface area contributed by atoms with Crippen molar-refractivity contribution in [1.29, 1.82) is 0 Å². The molecule has 7 heteroatoms. The number of methoxy groups -OCH3 is 1. The first-order chi connectivity index (χ1) is 11.8. The third-order valence-electron chi connectivity index (χ3n) is 4.35. The Morgan fingerprint density at radius 2 is 2.04 bits per heavy atom. The third-order valence-corrected chi connectivity index (χ3v) is 4.35. The molecular formula is C18H27N3O4. The summed E-state index contributed by atoms with van der Waals surface area (Å²) in [5.41, 5.74) is 0.205. The molecule has 0 spiro atoms. The number of nitrogens with zero attached hydrogens (tertiary/aromatic N) is 2. The van der Waals surface area contributed by atoms with Crippen LogP contribution in [0, 0.1) is 0 Å². The van der Waals surface area contributed by atoms with Crippen LogP contribution in [0.5, 0.6) is 5.75 Å². The number of carbonyl (C=O) groups is 2. The number of hydrogen-bond acceptors (Lipinski definition) is 5. The van der Waals surface area contributed by atoms with Gasteiger partial charge in [-0.15, -0.1) is 0 Å². The van der Waals surface area contributed by atoms with Gasteiger partial charge in [0.1, 0.15) is 5.75 Å². The second-order valence-corrected chi connectivity index (χ2v) is 6.72. The lowest BCUT2D eigenvalue weighted by atomic mass is 10.0. The molecule has 1 aromatic rings. The Bertz CT molecular complexity index is 605. The highest BCUT2D eigenvalue weighted by atomic mass is 16.5. The van der Waals surface area contributed by atoms with Crippen molar-refractivity contribution in [2.45, 2.75) is 25.5 Å². The number of rotatable bonds is 7. The molecule has 1 atom stereocenters. The maximum Gasteiger partial charge on any atom is 0.242 e. The van der Waals surface area contributed by atoms with Crippen LogP contribution >= 0.6 is 0 Å². The van der Waals surface area contributed by atoms with Crippen molar-refractivity contribution in [2.24, 2.45) is 0 Å². The van der Waals surface area contributed by atoms with E-state index in [4.69, 9.17) is 4.74 Å². The van der Waals surface area contributed by atoms with E-state index in [0.717, 1.165) is 11.3 Å².